The van der Waals surface area contributed by atoms with Crippen molar-refractivity contribution >= 4 is 10.9 Å². The highest BCUT2D eigenvalue weighted by atomic mass is 15.0. The minimum Gasteiger partial charge on any atom is -0.324 e. The zero-order valence-electron chi connectivity index (χ0n) is 12.2. The Morgan fingerprint density at radius 3 is 3.00 bits per heavy atom. The Balaban J connectivity index is 1.99. The van der Waals surface area contributed by atoms with Gasteiger partial charge in [0.1, 0.15) is 0 Å². The first-order valence-electron chi connectivity index (χ1n) is 7.56. The number of benzene rings is 1. The van der Waals surface area contributed by atoms with Crippen molar-refractivity contribution in [3.8, 4) is 5.69 Å². The monoisotopic (exact) mass is 277 g/mol. The van der Waals surface area contributed by atoms with Gasteiger partial charge in [-0.1, -0.05) is 18.2 Å². The highest BCUT2D eigenvalue weighted by molar-refractivity contribution is 5.87. The minimum atomic E-state index is 0.184. The zero-order chi connectivity index (χ0) is 14.4. The van der Waals surface area contributed by atoms with Gasteiger partial charge in [-0.05, 0) is 49.9 Å². The average Bonchev–Trinajstić information content (AvgIpc) is 2.91. The Morgan fingerprint density at radius 2 is 2.10 bits per heavy atom. The first-order chi connectivity index (χ1) is 10.2. The standard InChI is InChI=1S/C18H19N3/c1-12-11-18(14-5-2-3-7-16(14)20-12)21-10-9-13-15(19)6-4-8-17(13)21/h2-3,5,7,9-11,15H,4,6,8,19H2,1H3. The van der Waals surface area contributed by atoms with Crippen molar-refractivity contribution in [3.63, 3.8) is 0 Å². The molecular formula is C18H19N3. The molecule has 2 aromatic heterocycles. The number of hydrogen-bond donors (Lipinski definition) is 1. The number of nitrogens with zero attached hydrogens (tertiary/aromatic N) is 2. The molecule has 3 nitrogen and oxygen atoms in total. The van der Waals surface area contributed by atoms with Crippen molar-refractivity contribution in [2.24, 2.45) is 5.73 Å². The average molecular weight is 277 g/mol. The van der Waals surface area contributed by atoms with Crippen LogP contribution in [0.5, 0.6) is 0 Å². The molecule has 0 aliphatic heterocycles. The lowest BCUT2D eigenvalue weighted by molar-refractivity contribution is 0.560. The van der Waals surface area contributed by atoms with E-state index in [1.165, 1.54) is 28.8 Å². The van der Waals surface area contributed by atoms with Gasteiger partial charge in [-0.25, -0.2) is 0 Å². The van der Waals surface area contributed by atoms with E-state index in [0.717, 1.165) is 24.1 Å². The van der Waals surface area contributed by atoms with Crippen LogP contribution >= 0.6 is 0 Å². The molecule has 2 N–H and O–H groups in total. The van der Waals surface area contributed by atoms with E-state index in [2.05, 4.69) is 53.0 Å². The van der Waals surface area contributed by atoms with Gasteiger partial charge in [0.15, 0.2) is 0 Å². The highest BCUT2D eigenvalue weighted by Gasteiger charge is 2.21. The summed E-state index contributed by atoms with van der Waals surface area (Å²) in [6, 6.07) is 12.9. The summed E-state index contributed by atoms with van der Waals surface area (Å²) in [5, 5.41) is 1.20. The van der Waals surface area contributed by atoms with Gasteiger partial charge in [-0.15, -0.1) is 0 Å². The molecule has 0 amide bonds. The maximum atomic E-state index is 6.25. The highest BCUT2D eigenvalue weighted by Crippen LogP contribution is 2.32. The van der Waals surface area contributed by atoms with E-state index >= 15 is 0 Å². The third-order valence-corrected chi connectivity index (χ3v) is 4.44. The molecule has 0 saturated carbocycles. The van der Waals surface area contributed by atoms with Gasteiger partial charge in [-0.3, -0.25) is 4.98 Å². The number of aromatic nitrogens is 2. The van der Waals surface area contributed by atoms with Gasteiger partial charge in [0.25, 0.3) is 0 Å². The van der Waals surface area contributed by atoms with Crippen LogP contribution in [-0.2, 0) is 6.42 Å². The van der Waals surface area contributed by atoms with Crippen LogP contribution in [0.25, 0.3) is 16.6 Å². The van der Waals surface area contributed by atoms with Crippen molar-refractivity contribution in [2.75, 3.05) is 0 Å². The van der Waals surface area contributed by atoms with Crippen molar-refractivity contribution in [1.29, 1.82) is 0 Å². The van der Waals surface area contributed by atoms with Crippen LogP contribution in [0.2, 0.25) is 0 Å². The van der Waals surface area contributed by atoms with Gasteiger partial charge < -0.3 is 10.3 Å². The Kier molecular flexibility index (Phi) is 2.82. The summed E-state index contributed by atoms with van der Waals surface area (Å²) < 4.78 is 2.31. The molecule has 0 fully saturated rings. The third kappa shape index (κ3) is 1.96. The van der Waals surface area contributed by atoms with E-state index in [1.54, 1.807) is 0 Å². The summed E-state index contributed by atoms with van der Waals surface area (Å²) in [7, 11) is 0. The van der Waals surface area contributed by atoms with E-state index in [1.807, 2.05) is 6.07 Å². The second-order valence-corrected chi connectivity index (χ2v) is 5.89. The molecule has 4 rings (SSSR count). The number of para-hydroxylation sites is 1. The molecule has 1 aliphatic rings. The summed E-state index contributed by atoms with van der Waals surface area (Å²) >= 11 is 0. The topological polar surface area (TPSA) is 43.8 Å². The van der Waals surface area contributed by atoms with Crippen LogP contribution in [0.3, 0.4) is 0 Å². The third-order valence-electron chi connectivity index (χ3n) is 4.44. The molecule has 0 radical (unpaired) electrons. The fourth-order valence-corrected chi connectivity index (χ4v) is 3.44. The van der Waals surface area contributed by atoms with Crippen molar-refractivity contribution < 1.29 is 0 Å². The SMILES string of the molecule is Cc1cc(-n2ccc3c2CCCC3N)c2ccccc2n1. The van der Waals surface area contributed by atoms with Crippen LogP contribution in [-0.4, -0.2) is 9.55 Å². The Hall–Kier alpha value is -2.13. The zero-order valence-corrected chi connectivity index (χ0v) is 12.2. The molecule has 2 heterocycles. The van der Waals surface area contributed by atoms with Crippen LogP contribution in [0, 0.1) is 6.92 Å². The largest absolute Gasteiger partial charge is 0.324 e. The molecule has 1 atom stereocenters. The number of fused-ring (bicyclic) bond motifs is 2. The number of hydrogen-bond acceptors (Lipinski definition) is 2. The van der Waals surface area contributed by atoms with E-state index in [9.17, 15) is 0 Å². The molecule has 3 heteroatoms. The van der Waals surface area contributed by atoms with E-state index < -0.39 is 0 Å². The lowest BCUT2D eigenvalue weighted by Crippen LogP contribution is -2.18. The Labute approximate surface area is 124 Å². The van der Waals surface area contributed by atoms with Crippen LogP contribution < -0.4 is 5.73 Å². The second kappa shape index (κ2) is 4.71. The first-order valence-corrected chi connectivity index (χ1v) is 7.56. The summed E-state index contributed by atoms with van der Waals surface area (Å²) in [4.78, 5) is 4.64. The molecular weight excluding hydrogens is 258 g/mol. The van der Waals surface area contributed by atoms with Gasteiger partial charge >= 0.3 is 0 Å². The predicted molar refractivity (Wildman–Crippen MR) is 85.7 cm³/mol. The lowest BCUT2D eigenvalue weighted by Gasteiger charge is -2.21. The summed E-state index contributed by atoms with van der Waals surface area (Å²) in [5.41, 5.74) is 12.2. The number of rotatable bonds is 1. The lowest BCUT2D eigenvalue weighted by atomic mass is 9.93. The van der Waals surface area contributed by atoms with Crippen molar-refractivity contribution in [2.45, 2.75) is 32.2 Å². The quantitative estimate of drug-likeness (QED) is 0.737. The Morgan fingerprint density at radius 1 is 1.24 bits per heavy atom. The normalized spacial score (nSPS) is 17.9. The predicted octanol–water partition coefficient (Wildman–Crippen LogP) is 3.67. The number of nitrogens with two attached hydrogens (primary N) is 1. The smallest absolute Gasteiger partial charge is 0.0726 e. The van der Waals surface area contributed by atoms with Gasteiger partial charge in [-0.2, -0.15) is 0 Å². The molecule has 0 saturated heterocycles. The van der Waals surface area contributed by atoms with Crippen LogP contribution in [0.15, 0.2) is 42.6 Å². The molecule has 3 aromatic rings. The summed E-state index contributed by atoms with van der Waals surface area (Å²) in [5.74, 6) is 0. The first kappa shape index (κ1) is 12.6. The molecule has 1 aliphatic carbocycles. The van der Waals surface area contributed by atoms with Gasteiger partial charge in [0.05, 0.1) is 11.2 Å². The van der Waals surface area contributed by atoms with E-state index in [-0.39, 0.29) is 6.04 Å². The molecule has 106 valence electrons. The molecule has 0 bridgehead atoms. The second-order valence-electron chi connectivity index (χ2n) is 5.89. The van der Waals surface area contributed by atoms with Crippen LogP contribution in [0.4, 0.5) is 0 Å². The molecule has 1 aromatic carbocycles. The number of aryl methyl sites for hydroxylation is 1. The van der Waals surface area contributed by atoms with E-state index in [0.29, 0.717) is 0 Å². The maximum absolute atomic E-state index is 6.25. The van der Waals surface area contributed by atoms with Crippen LogP contribution in [0.1, 0.15) is 35.8 Å². The van der Waals surface area contributed by atoms with Gasteiger partial charge in [0, 0.05) is 29.0 Å². The molecule has 1 unspecified atom stereocenters. The summed E-state index contributed by atoms with van der Waals surface area (Å²) in [6.45, 7) is 2.05. The summed E-state index contributed by atoms with van der Waals surface area (Å²) in [6.07, 6.45) is 5.52. The molecule has 0 spiro atoms. The number of pyridine rings is 1. The molecule has 21 heavy (non-hydrogen) atoms. The minimum absolute atomic E-state index is 0.184. The fraction of sp³-hybridized carbons (Fsp3) is 0.278. The van der Waals surface area contributed by atoms with Gasteiger partial charge in [0.2, 0.25) is 0 Å². The van der Waals surface area contributed by atoms with E-state index in [4.69, 9.17) is 5.73 Å². The maximum Gasteiger partial charge on any atom is 0.0726 e. The Bertz CT molecular complexity index is 816. The van der Waals surface area contributed by atoms with Crippen molar-refractivity contribution in [3.05, 3.63) is 59.5 Å². The fourth-order valence-electron chi connectivity index (χ4n) is 3.44. The van der Waals surface area contributed by atoms with Crippen molar-refractivity contribution in [1.82, 2.24) is 9.55 Å².